The molecule has 1 unspecified atom stereocenters. The number of hydrogen-bond donors (Lipinski definition) is 1. The molecule has 0 bridgehead atoms. The fourth-order valence-corrected chi connectivity index (χ4v) is 3.83. The van der Waals surface area contributed by atoms with Crippen molar-refractivity contribution in [1.82, 2.24) is 15.2 Å². The Kier molecular flexibility index (Phi) is 5.80. The molecule has 0 amide bonds. The number of nitrogens with one attached hydrogen (secondary N) is 1. The average molecular weight is 374 g/mol. The van der Waals surface area contributed by atoms with Gasteiger partial charge in [0.1, 0.15) is 0 Å². The normalized spacial score (nSPS) is 16.0. The standard InChI is InChI=1S/C23H27N5/c1-18(21-10-6-3-7-11-21)25-22-17-24-27-23(26-22)28-14-12-20(13-15-28)16-19-8-4-2-5-9-19/h2-11,17-18,20H,12-16H2,1H3,(H,25,26,27). The van der Waals surface area contributed by atoms with E-state index in [9.17, 15) is 0 Å². The molecule has 5 nitrogen and oxygen atoms in total. The minimum atomic E-state index is 0.169. The Hall–Kier alpha value is -2.95. The lowest BCUT2D eigenvalue weighted by Crippen LogP contribution is -2.35. The van der Waals surface area contributed by atoms with Crippen molar-refractivity contribution in [3.8, 4) is 0 Å². The van der Waals surface area contributed by atoms with Gasteiger partial charge in [-0.15, -0.1) is 5.10 Å². The van der Waals surface area contributed by atoms with Crippen LogP contribution in [0.4, 0.5) is 11.8 Å². The van der Waals surface area contributed by atoms with E-state index in [0.717, 1.165) is 50.0 Å². The predicted molar refractivity (Wildman–Crippen MR) is 113 cm³/mol. The molecule has 2 heterocycles. The summed E-state index contributed by atoms with van der Waals surface area (Å²) in [6.07, 6.45) is 5.18. The summed E-state index contributed by atoms with van der Waals surface area (Å²) in [5.41, 5.74) is 2.66. The van der Waals surface area contributed by atoms with Crippen molar-refractivity contribution in [2.75, 3.05) is 23.3 Å². The van der Waals surface area contributed by atoms with Crippen molar-refractivity contribution in [3.05, 3.63) is 78.0 Å². The maximum Gasteiger partial charge on any atom is 0.247 e. The number of anilines is 2. The van der Waals surface area contributed by atoms with Gasteiger partial charge in [0, 0.05) is 19.1 Å². The molecule has 0 spiro atoms. The van der Waals surface area contributed by atoms with E-state index in [2.05, 4.69) is 81.9 Å². The van der Waals surface area contributed by atoms with Crippen molar-refractivity contribution >= 4 is 11.8 Å². The fraction of sp³-hybridized carbons (Fsp3) is 0.348. The lowest BCUT2D eigenvalue weighted by atomic mass is 9.90. The Morgan fingerprint density at radius 1 is 1.00 bits per heavy atom. The van der Waals surface area contributed by atoms with Gasteiger partial charge in [-0.3, -0.25) is 0 Å². The van der Waals surface area contributed by atoms with E-state index in [-0.39, 0.29) is 6.04 Å². The van der Waals surface area contributed by atoms with Crippen LogP contribution < -0.4 is 10.2 Å². The number of benzene rings is 2. The number of hydrogen-bond acceptors (Lipinski definition) is 5. The molecule has 1 aromatic heterocycles. The molecular weight excluding hydrogens is 346 g/mol. The van der Waals surface area contributed by atoms with Crippen molar-refractivity contribution in [2.24, 2.45) is 5.92 Å². The molecule has 0 radical (unpaired) electrons. The molecule has 1 fully saturated rings. The van der Waals surface area contributed by atoms with Crippen LogP contribution in [0.5, 0.6) is 0 Å². The largest absolute Gasteiger partial charge is 0.362 e. The smallest absolute Gasteiger partial charge is 0.247 e. The van der Waals surface area contributed by atoms with E-state index in [1.807, 2.05) is 6.07 Å². The van der Waals surface area contributed by atoms with Crippen molar-refractivity contribution < 1.29 is 0 Å². The van der Waals surface area contributed by atoms with Gasteiger partial charge in [0.2, 0.25) is 5.95 Å². The van der Waals surface area contributed by atoms with Crippen LogP contribution in [0.2, 0.25) is 0 Å². The van der Waals surface area contributed by atoms with Gasteiger partial charge in [-0.05, 0) is 43.2 Å². The fourth-order valence-electron chi connectivity index (χ4n) is 3.83. The Morgan fingerprint density at radius 2 is 1.68 bits per heavy atom. The van der Waals surface area contributed by atoms with Gasteiger partial charge < -0.3 is 10.2 Å². The summed E-state index contributed by atoms with van der Waals surface area (Å²) in [5.74, 6) is 2.22. The Bertz CT molecular complexity index is 860. The quantitative estimate of drug-likeness (QED) is 0.689. The summed E-state index contributed by atoms with van der Waals surface area (Å²) in [6.45, 7) is 4.10. The highest BCUT2D eigenvalue weighted by Gasteiger charge is 2.22. The molecule has 1 atom stereocenters. The van der Waals surface area contributed by atoms with Crippen LogP contribution in [0.1, 0.15) is 36.9 Å². The zero-order chi connectivity index (χ0) is 19.2. The molecular formula is C23H27N5. The molecule has 144 valence electrons. The van der Waals surface area contributed by atoms with Crippen LogP contribution in [0.15, 0.2) is 66.9 Å². The van der Waals surface area contributed by atoms with Crippen molar-refractivity contribution in [3.63, 3.8) is 0 Å². The van der Waals surface area contributed by atoms with E-state index in [1.54, 1.807) is 6.20 Å². The first-order chi connectivity index (χ1) is 13.8. The molecule has 0 saturated carbocycles. The second-order valence-corrected chi connectivity index (χ2v) is 7.54. The SMILES string of the molecule is CC(Nc1cnnc(N2CCC(Cc3ccccc3)CC2)n1)c1ccccc1. The van der Waals surface area contributed by atoms with Crippen LogP contribution in [-0.4, -0.2) is 28.3 Å². The molecule has 1 aliphatic rings. The van der Waals surface area contributed by atoms with E-state index in [1.165, 1.54) is 11.1 Å². The molecule has 3 aromatic rings. The Balaban J connectivity index is 1.35. The molecule has 1 N–H and O–H groups in total. The molecule has 0 aliphatic carbocycles. The predicted octanol–water partition coefficient (Wildman–Crippen LogP) is 4.50. The first-order valence-corrected chi connectivity index (χ1v) is 10.1. The number of rotatable bonds is 6. The van der Waals surface area contributed by atoms with E-state index in [4.69, 9.17) is 4.98 Å². The third-order valence-electron chi connectivity index (χ3n) is 5.48. The number of piperidine rings is 1. The van der Waals surface area contributed by atoms with Crippen LogP contribution >= 0.6 is 0 Å². The van der Waals surface area contributed by atoms with Gasteiger partial charge in [-0.2, -0.15) is 10.1 Å². The zero-order valence-electron chi connectivity index (χ0n) is 16.3. The maximum absolute atomic E-state index is 4.71. The number of nitrogens with zero attached hydrogens (tertiary/aromatic N) is 4. The highest BCUT2D eigenvalue weighted by molar-refractivity contribution is 5.41. The van der Waals surface area contributed by atoms with Gasteiger partial charge in [0.25, 0.3) is 0 Å². The van der Waals surface area contributed by atoms with Crippen molar-refractivity contribution in [2.45, 2.75) is 32.2 Å². The molecule has 2 aromatic carbocycles. The summed E-state index contributed by atoms with van der Waals surface area (Å²) < 4.78 is 0. The van der Waals surface area contributed by atoms with Gasteiger partial charge in [0.15, 0.2) is 5.82 Å². The summed E-state index contributed by atoms with van der Waals surface area (Å²) in [6, 6.07) is 21.3. The maximum atomic E-state index is 4.71. The highest BCUT2D eigenvalue weighted by atomic mass is 15.3. The van der Waals surface area contributed by atoms with Crippen LogP contribution in [0.25, 0.3) is 0 Å². The molecule has 1 saturated heterocycles. The topological polar surface area (TPSA) is 53.9 Å². The van der Waals surface area contributed by atoms with Crippen LogP contribution in [0.3, 0.4) is 0 Å². The summed E-state index contributed by atoms with van der Waals surface area (Å²) >= 11 is 0. The Morgan fingerprint density at radius 3 is 2.39 bits per heavy atom. The second kappa shape index (κ2) is 8.83. The van der Waals surface area contributed by atoms with Gasteiger partial charge in [-0.25, -0.2) is 0 Å². The van der Waals surface area contributed by atoms with Crippen molar-refractivity contribution in [1.29, 1.82) is 0 Å². The van der Waals surface area contributed by atoms with E-state index < -0.39 is 0 Å². The highest BCUT2D eigenvalue weighted by Crippen LogP contribution is 2.24. The molecule has 28 heavy (non-hydrogen) atoms. The lowest BCUT2D eigenvalue weighted by Gasteiger charge is -2.32. The van der Waals surface area contributed by atoms with Gasteiger partial charge in [0.05, 0.1) is 6.20 Å². The van der Waals surface area contributed by atoms with Crippen LogP contribution in [-0.2, 0) is 6.42 Å². The third-order valence-corrected chi connectivity index (χ3v) is 5.48. The summed E-state index contributed by atoms with van der Waals surface area (Å²) in [4.78, 5) is 6.97. The minimum Gasteiger partial charge on any atom is -0.362 e. The average Bonchev–Trinajstić information content (AvgIpc) is 2.76. The summed E-state index contributed by atoms with van der Waals surface area (Å²) in [7, 11) is 0. The van der Waals surface area contributed by atoms with Gasteiger partial charge >= 0.3 is 0 Å². The van der Waals surface area contributed by atoms with E-state index >= 15 is 0 Å². The van der Waals surface area contributed by atoms with Gasteiger partial charge in [-0.1, -0.05) is 60.7 Å². The molecule has 5 heteroatoms. The monoisotopic (exact) mass is 373 g/mol. The second-order valence-electron chi connectivity index (χ2n) is 7.54. The third kappa shape index (κ3) is 4.66. The number of aromatic nitrogens is 3. The van der Waals surface area contributed by atoms with Crippen LogP contribution in [0, 0.1) is 5.92 Å². The molecule has 4 rings (SSSR count). The summed E-state index contributed by atoms with van der Waals surface area (Å²) in [5, 5.41) is 11.9. The molecule has 1 aliphatic heterocycles. The Labute approximate surface area is 166 Å². The lowest BCUT2D eigenvalue weighted by molar-refractivity contribution is 0.400. The zero-order valence-corrected chi connectivity index (χ0v) is 16.3. The van der Waals surface area contributed by atoms with E-state index in [0.29, 0.717) is 0 Å². The first-order valence-electron chi connectivity index (χ1n) is 10.1. The first kappa shape index (κ1) is 18.4. The minimum absolute atomic E-state index is 0.169.